The van der Waals surface area contributed by atoms with E-state index in [0.717, 1.165) is 70.5 Å². The molecule has 0 saturated carbocycles. The Morgan fingerprint density at radius 3 is 1.44 bits per heavy atom. The van der Waals surface area contributed by atoms with Crippen LogP contribution in [0.25, 0.3) is 0 Å². The van der Waals surface area contributed by atoms with E-state index in [0.29, 0.717) is 45.1 Å². The maximum atomic E-state index is 13.9. The Kier molecular flexibility index (Phi) is 22.8. The smallest absolute Gasteiger partial charge is 0.346 e. The largest absolute Gasteiger partial charge is 0.477 e. The zero-order chi connectivity index (χ0) is 50.5. The standard InChI is InChI=1S/C23H21Cl2F3N2O3S.C18H14Cl2FNO3S.C4H8F2N2O.2CH4.ClH/c1-23(11-7-14(24)20(28)15(25)8-11)9-16(30-33-23)21-12-3-2-4-13(12)22(34-21)17(31)5-6-19(32)29-10-18(26)27;1-18(8-5-11(19)14(21)12(20)6-8)7-13(22-25-18)15-9-3-2-4-10(9)16(26-15)17(23)24;5-3(6)2-8-4(9)1-7;;;/h7-8,18H,2-6,9-10H2,1H3,(H,29,32);5-6H,2-4,7H2,1H3,(H,23,24);3H,1-2,7H2,(H,8,9);2*1H4;1H. The third-order valence-electron chi connectivity index (χ3n) is 11.5. The van der Waals surface area contributed by atoms with Gasteiger partial charge >= 0.3 is 5.97 Å². The molecule has 2 unspecified atom stereocenters. The highest BCUT2D eigenvalue weighted by Gasteiger charge is 2.42. The molecule has 0 spiro atoms. The third-order valence-corrected chi connectivity index (χ3v) is 15.3. The van der Waals surface area contributed by atoms with Gasteiger partial charge in [-0.05, 0) is 98.9 Å². The average molecular weight is 1150 g/mol. The Balaban J connectivity index is 0.000000320. The lowest BCUT2D eigenvalue weighted by Crippen LogP contribution is -2.33. The van der Waals surface area contributed by atoms with Crippen LogP contribution in [-0.2, 0) is 56.1 Å². The summed E-state index contributed by atoms with van der Waals surface area (Å²) in [5, 5.41) is 21.6. The number of hydrogen-bond acceptors (Lipinski definition) is 11. The van der Waals surface area contributed by atoms with Crippen LogP contribution in [0.2, 0.25) is 20.1 Å². The van der Waals surface area contributed by atoms with Crippen LogP contribution in [-0.4, -0.2) is 72.6 Å². The zero-order valence-electron chi connectivity index (χ0n) is 37.0. The molecule has 5 N–H and O–H groups in total. The lowest BCUT2D eigenvalue weighted by molar-refractivity contribution is -0.122. The van der Waals surface area contributed by atoms with Gasteiger partial charge in [-0.1, -0.05) is 71.6 Å². The molecule has 0 saturated heterocycles. The van der Waals surface area contributed by atoms with Crippen molar-refractivity contribution in [2.24, 2.45) is 16.0 Å². The summed E-state index contributed by atoms with van der Waals surface area (Å²) in [4.78, 5) is 60.4. The van der Waals surface area contributed by atoms with Crippen LogP contribution < -0.4 is 16.4 Å². The number of amides is 2. The summed E-state index contributed by atoms with van der Waals surface area (Å²) in [6.07, 6.45) is 0.475. The molecule has 4 aromatic rings. The second kappa shape index (κ2) is 26.4. The number of benzene rings is 2. The highest BCUT2D eigenvalue weighted by Crippen LogP contribution is 2.45. The van der Waals surface area contributed by atoms with E-state index < -0.39 is 66.6 Å². The minimum absolute atomic E-state index is 0. The minimum Gasteiger partial charge on any atom is -0.477 e. The number of nitrogens with zero attached hydrogens (tertiary/aromatic N) is 2. The molecule has 2 aliphatic carbocycles. The Hall–Kier alpha value is -4.15. The first-order valence-corrected chi connectivity index (χ1v) is 24.4. The number of thiophene rings is 2. The number of nitrogens with one attached hydrogen (secondary N) is 2. The number of carboxylic acids is 1. The van der Waals surface area contributed by atoms with Crippen molar-refractivity contribution < 1.29 is 60.3 Å². The van der Waals surface area contributed by atoms with E-state index in [1.807, 2.05) is 12.2 Å². The molecule has 396 valence electrons. The summed E-state index contributed by atoms with van der Waals surface area (Å²) in [6.45, 7) is 2.05. The Labute approximate surface area is 446 Å². The number of carbonyl (C=O) groups is 4. The van der Waals surface area contributed by atoms with Gasteiger partial charge < -0.3 is 31.1 Å². The third kappa shape index (κ3) is 14.4. The molecule has 8 rings (SSSR count). The van der Waals surface area contributed by atoms with Crippen LogP contribution in [0.15, 0.2) is 34.6 Å². The van der Waals surface area contributed by atoms with Crippen LogP contribution in [0.5, 0.6) is 0 Å². The van der Waals surface area contributed by atoms with Crippen molar-refractivity contribution in [2.45, 2.75) is 117 Å². The Morgan fingerprint density at radius 2 is 1.06 bits per heavy atom. The van der Waals surface area contributed by atoms with E-state index in [1.165, 1.54) is 46.9 Å². The summed E-state index contributed by atoms with van der Waals surface area (Å²) < 4.78 is 74.6. The number of fused-ring (bicyclic) bond motifs is 2. The predicted octanol–water partition coefficient (Wildman–Crippen LogP) is 12.5. The van der Waals surface area contributed by atoms with Crippen LogP contribution in [0.4, 0.5) is 26.3 Å². The average Bonchev–Trinajstić information content (AvgIpc) is 4.17. The highest BCUT2D eigenvalue weighted by molar-refractivity contribution is 7.16. The van der Waals surface area contributed by atoms with Crippen LogP contribution >= 0.6 is 81.5 Å². The number of carbonyl (C=O) groups excluding carboxylic acids is 3. The summed E-state index contributed by atoms with van der Waals surface area (Å²) in [5.74, 6) is -3.60. The first-order chi connectivity index (χ1) is 32.5. The van der Waals surface area contributed by atoms with Crippen molar-refractivity contribution in [3.8, 4) is 0 Å². The molecular weight excluding hydrogens is 1100 g/mol. The number of alkyl halides is 4. The number of ketones is 1. The van der Waals surface area contributed by atoms with Gasteiger partial charge in [0.05, 0.1) is 54.4 Å². The minimum atomic E-state index is -2.63. The van der Waals surface area contributed by atoms with Crippen molar-refractivity contribution in [1.82, 2.24) is 10.6 Å². The van der Waals surface area contributed by atoms with Gasteiger partial charge in [0.15, 0.2) is 28.6 Å². The molecule has 0 radical (unpaired) electrons. The van der Waals surface area contributed by atoms with Crippen molar-refractivity contribution in [2.75, 3.05) is 19.6 Å². The molecule has 0 bridgehead atoms. The molecule has 25 heteroatoms. The highest BCUT2D eigenvalue weighted by atomic mass is 35.5. The predicted molar refractivity (Wildman–Crippen MR) is 273 cm³/mol. The molecule has 2 aromatic carbocycles. The summed E-state index contributed by atoms with van der Waals surface area (Å²) in [7, 11) is 0. The molecule has 2 amide bonds. The number of hydrogen-bond donors (Lipinski definition) is 4. The van der Waals surface area contributed by atoms with Gasteiger partial charge in [0.2, 0.25) is 11.8 Å². The van der Waals surface area contributed by atoms with Gasteiger partial charge in [-0.25, -0.2) is 31.1 Å². The number of halogens is 11. The van der Waals surface area contributed by atoms with Gasteiger partial charge in [-0.3, -0.25) is 14.4 Å². The molecule has 72 heavy (non-hydrogen) atoms. The molecular formula is C47H52Cl5F6N5O7S2. The SMILES string of the molecule is C.C.CC1(c2cc(Cl)c(F)c(Cl)c2)CC(c2sc(C(=O)CCC(=O)NCC(F)F)c3c2CCC3)=NO1.CC1(c2cc(Cl)c(F)c(Cl)c2)CC(c2sc(C(=O)O)c3c2CCC3)=NO1.Cl.NCC(=O)NCC(F)F. The molecule has 2 atom stereocenters. The molecule has 2 aromatic heterocycles. The fourth-order valence-corrected chi connectivity index (χ4v) is 11.6. The fourth-order valence-electron chi connectivity index (χ4n) is 8.04. The summed E-state index contributed by atoms with van der Waals surface area (Å²) >= 11 is 26.3. The Bertz CT molecular complexity index is 2680. The van der Waals surface area contributed by atoms with Crippen molar-refractivity contribution in [1.29, 1.82) is 0 Å². The van der Waals surface area contributed by atoms with E-state index in [2.05, 4.69) is 15.6 Å². The maximum Gasteiger partial charge on any atom is 0.346 e. The van der Waals surface area contributed by atoms with Crippen LogP contribution in [0.3, 0.4) is 0 Å². The second-order valence-electron chi connectivity index (χ2n) is 16.5. The van der Waals surface area contributed by atoms with E-state index in [9.17, 15) is 50.6 Å². The van der Waals surface area contributed by atoms with Crippen LogP contribution in [0, 0.1) is 11.6 Å². The van der Waals surface area contributed by atoms with Crippen molar-refractivity contribution in [3.63, 3.8) is 0 Å². The van der Waals surface area contributed by atoms with Gasteiger partial charge in [0, 0.05) is 36.8 Å². The van der Waals surface area contributed by atoms with Gasteiger partial charge in [-0.15, -0.1) is 35.1 Å². The zero-order valence-corrected chi connectivity index (χ0v) is 42.5. The summed E-state index contributed by atoms with van der Waals surface area (Å²) in [6, 6.07) is 5.91. The molecule has 2 aliphatic heterocycles. The van der Waals surface area contributed by atoms with E-state index in [-0.39, 0.29) is 72.5 Å². The number of carboxylic acid groups (broad SMARTS) is 1. The second-order valence-corrected chi connectivity index (χ2v) is 20.2. The number of Topliss-reactive ketones (excluding diaryl/α,β-unsaturated/α-hetero) is 1. The molecule has 12 nitrogen and oxygen atoms in total. The normalized spacial score (nSPS) is 18.0. The number of oxime groups is 2. The molecule has 0 fully saturated rings. The molecule has 4 heterocycles. The van der Waals surface area contributed by atoms with Gasteiger partial charge in [0.25, 0.3) is 12.9 Å². The monoisotopic (exact) mass is 1150 g/mol. The lowest BCUT2D eigenvalue weighted by atomic mass is 9.90. The Morgan fingerprint density at radius 1 is 0.681 bits per heavy atom. The van der Waals surface area contributed by atoms with Crippen molar-refractivity contribution >= 4 is 116 Å². The fraction of sp³-hybridized carbons (Fsp3) is 0.447. The number of nitrogens with two attached hydrogens (primary N) is 1. The van der Waals surface area contributed by atoms with Gasteiger partial charge in [-0.2, -0.15) is 0 Å². The van der Waals surface area contributed by atoms with Crippen molar-refractivity contribution in [3.05, 3.63) is 109 Å². The summed E-state index contributed by atoms with van der Waals surface area (Å²) in [5.41, 5.74) is 9.65. The van der Waals surface area contributed by atoms with E-state index in [1.54, 1.807) is 6.92 Å². The topological polar surface area (TPSA) is 182 Å². The number of aromatic carboxylic acids is 1. The quantitative estimate of drug-likeness (QED) is 0.0547. The van der Waals surface area contributed by atoms with E-state index in [4.69, 9.17) is 61.8 Å². The maximum absolute atomic E-state index is 13.9. The number of rotatable bonds is 14. The molecule has 4 aliphatic rings. The van der Waals surface area contributed by atoms with Crippen LogP contribution in [0.1, 0.15) is 130 Å². The van der Waals surface area contributed by atoms with Gasteiger partial charge in [0.1, 0.15) is 16.3 Å². The first-order valence-electron chi connectivity index (χ1n) is 21.2. The first kappa shape index (κ1) is 62.1. The van der Waals surface area contributed by atoms with E-state index >= 15 is 0 Å². The lowest BCUT2D eigenvalue weighted by Gasteiger charge is -2.22.